The number of hydrogen-bond acceptors (Lipinski definition) is 3. The second-order valence-electron chi connectivity index (χ2n) is 5.94. The summed E-state index contributed by atoms with van der Waals surface area (Å²) in [4.78, 5) is 24.2. The summed E-state index contributed by atoms with van der Waals surface area (Å²) in [6, 6.07) is 7.12. The summed E-state index contributed by atoms with van der Waals surface area (Å²) in [7, 11) is 0. The summed E-state index contributed by atoms with van der Waals surface area (Å²) in [5.74, 6) is 0.196. The van der Waals surface area contributed by atoms with Crippen molar-refractivity contribution in [1.29, 1.82) is 0 Å². The lowest BCUT2D eigenvalue weighted by Crippen LogP contribution is -2.30. The van der Waals surface area contributed by atoms with Gasteiger partial charge in [0.1, 0.15) is 0 Å². The molecule has 0 unspecified atom stereocenters. The highest BCUT2D eigenvalue weighted by atomic mass is 16.2. The van der Waals surface area contributed by atoms with Crippen molar-refractivity contribution in [2.45, 2.75) is 26.8 Å². The minimum absolute atomic E-state index is 0.00826. The lowest BCUT2D eigenvalue weighted by Gasteiger charge is -2.15. The zero-order chi connectivity index (χ0) is 15.4. The number of rotatable bonds is 4. The van der Waals surface area contributed by atoms with Crippen LogP contribution in [0.15, 0.2) is 24.3 Å². The molecule has 1 aromatic rings. The Kier molecular flexibility index (Phi) is 4.96. The van der Waals surface area contributed by atoms with E-state index in [0.717, 1.165) is 6.54 Å². The van der Waals surface area contributed by atoms with Gasteiger partial charge in [-0.05, 0) is 44.5 Å². The van der Waals surface area contributed by atoms with E-state index in [1.807, 2.05) is 13.8 Å². The van der Waals surface area contributed by atoms with Gasteiger partial charge in [-0.1, -0.05) is 13.0 Å². The second-order valence-corrected chi connectivity index (χ2v) is 5.94. The molecule has 0 spiro atoms. The van der Waals surface area contributed by atoms with E-state index in [9.17, 15) is 9.59 Å². The molecule has 2 rings (SSSR count). The smallest absolute Gasteiger partial charge is 0.251 e. The third kappa shape index (κ3) is 4.04. The molecule has 0 radical (unpaired) electrons. The van der Waals surface area contributed by atoms with E-state index in [-0.39, 0.29) is 23.8 Å². The van der Waals surface area contributed by atoms with Crippen LogP contribution < -0.4 is 16.0 Å². The van der Waals surface area contributed by atoms with Crippen LogP contribution in [0.4, 0.5) is 5.69 Å². The van der Waals surface area contributed by atoms with Gasteiger partial charge in [0.2, 0.25) is 5.91 Å². The Morgan fingerprint density at radius 1 is 1.29 bits per heavy atom. The monoisotopic (exact) mass is 289 g/mol. The fourth-order valence-electron chi connectivity index (χ4n) is 2.48. The maximum Gasteiger partial charge on any atom is 0.251 e. The Bertz CT molecular complexity index is 528. The van der Waals surface area contributed by atoms with E-state index < -0.39 is 0 Å². The fourth-order valence-corrected chi connectivity index (χ4v) is 2.48. The predicted octanol–water partition coefficient (Wildman–Crippen LogP) is 1.62. The molecule has 1 aromatic carbocycles. The molecule has 0 saturated carbocycles. The highest BCUT2D eigenvalue weighted by Crippen LogP contribution is 2.19. The molecule has 5 heteroatoms. The first-order valence-corrected chi connectivity index (χ1v) is 7.40. The molecular formula is C16H23N3O2. The molecule has 1 saturated heterocycles. The maximum atomic E-state index is 12.2. The molecular weight excluding hydrogens is 266 g/mol. The summed E-state index contributed by atoms with van der Waals surface area (Å²) in [6.45, 7) is 7.47. The van der Waals surface area contributed by atoms with Gasteiger partial charge in [-0.3, -0.25) is 9.59 Å². The molecule has 2 atom stereocenters. The second kappa shape index (κ2) is 6.72. The van der Waals surface area contributed by atoms with Crippen LogP contribution in [0.3, 0.4) is 0 Å². The molecule has 1 aliphatic heterocycles. The van der Waals surface area contributed by atoms with Crippen LogP contribution in [0.5, 0.6) is 0 Å². The van der Waals surface area contributed by atoms with E-state index in [2.05, 4.69) is 22.9 Å². The Labute approximate surface area is 125 Å². The van der Waals surface area contributed by atoms with Crippen molar-refractivity contribution in [1.82, 2.24) is 10.6 Å². The van der Waals surface area contributed by atoms with Gasteiger partial charge < -0.3 is 16.0 Å². The molecule has 2 amide bonds. The molecule has 0 bridgehead atoms. The van der Waals surface area contributed by atoms with E-state index in [1.54, 1.807) is 24.3 Å². The number of amides is 2. The molecule has 0 aromatic heterocycles. The Balaban J connectivity index is 2.04. The zero-order valence-electron chi connectivity index (χ0n) is 12.8. The van der Waals surface area contributed by atoms with Crippen molar-refractivity contribution in [3.8, 4) is 0 Å². The van der Waals surface area contributed by atoms with Crippen LogP contribution in [-0.2, 0) is 4.79 Å². The van der Waals surface area contributed by atoms with Gasteiger partial charge in [-0.2, -0.15) is 0 Å². The van der Waals surface area contributed by atoms with Crippen molar-refractivity contribution >= 4 is 17.5 Å². The van der Waals surface area contributed by atoms with E-state index in [4.69, 9.17) is 0 Å². The van der Waals surface area contributed by atoms with E-state index in [1.165, 1.54) is 0 Å². The minimum atomic E-state index is -0.128. The molecule has 1 fully saturated rings. The number of nitrogens with one attached hydrogen (secondary N) is 3. The summed E-state index contributed by atoms with van der Waals surface area (Å²) in [5, 5.41) is 8.96. The van der Waals surface area contributed by atoms with Crippen molar-refractivity contribution in [2.24, 2.45) is 11.8 Å². The quantitative estimate of drug-likeness (QED) is 0.789. The molecule has 5 nitrogen and oxygen atoms in total. The van der Waals surface area contributed by atoms with Crippen LogP contribution in [0.25, 0.3) is 0 Å². The van der Waals surface area contributed by atoms with Gasteiger partial charge in [0.05, 0.1) is 5.92 Å². The average molecular weight is 289 g/mol. The Hall–Kier alpha value is -1.88. The van der Waals surface area contributed by atoms with Gasteiger partial charge in [0, 0.05) is 23.8 Å². The van der Waals surface area contributed by atoms with Crippen LogP contribution in [0, 0.1) is 11.8 Å². The lowest BCUT2D eigenvalue weighted by atomic mass is 9.97. The zero-order valence-corrected chi connectivity index (χ0v) is 12.8. The largest absolute Gasteiger partial charge is 0.350 e. The van der Waals surface area contributed by atoms with Crippen LogP contribution in [0.2, 0.25) is 0 Å². The Morgan fingerprint density at radius 3 is 2.67 bits per heavy atom. The first kappa shape index (κ1) is 15.5. The van der Waals surface area contributed by atoms with Crippen molar-refractivity contribution in [2.75, 3.05) is 18.4 Å². The lowest BCUT2D eigenvalue weighted by molar-refractivity contribution is -0.120. The summed E-state index contributed by atoms with van der Waals surface area (Å²) < 4.78 is 0. The third-order valence-electron chi connectivity index (χ3n) is 3.67. The Morgan fingerprint density at radius 2 is 2.05 bits per heavy atom. The highest BCUT2D eigenvalue weighted by molar-refractivity contribution is 5.98. The molecule has 0 aliphatic carbocycles. The highest BCUT2D eigenvalue weighted by Gasteiger charge is 2.29. The topological polar surface area (TPSA) is 70.2 Å². The standard InChI is InChI=1S/C16H23N3O2/c1-10(2)18-15(20)12-5-4-6-13(7-12)19-16(21)14-9-17-8-11(14)3/h4-7,10-11,14,17H,8-9H2,1-3H3,(H,18,20)(H,19,21)/t11-,14-/m1/s1. The first-order chi connectivity index (χ1) is 9.97. The number of anilines is 1. The average Bonchev–Trinajstić information content (AvgIpc) is 2.84. The number of hydrogen-bond donors (Lipinski definition) is 3. The predicted molar refractivity (Wildman–Crippen MR) is 83.2 cm³/mol. The normalized spacial score (nSPS) is 21.3. The van der Waals surface area contributed by atoms with Crippen LogP contribution in [-0.4, -0.2) is 30.9 Å². The summed E-state index contributed by atoms with van der Waals surface area (Å²) >= 11 is 0. The first-order valence-electron chi connectivity index (χ1n) is 7.40. The maximum absolute atomic E-state index is 12.2. The van der Waals surface area contributed by atoms with Gasteiger partial charge in [-0.25, -0.2) is 0 Å². The van der Waals surface area contributed by atoms with Crippen molar-refractivity contribution < 1.29 is 9.59 Å². The van der Waals surface area contributed by atoms with Crippen molar-refractivity contribution in [3.05, 3.63) is 29.8 Å². The molecule has 114 valence electrons. The fraction of sp³-hybridized carbons (Fsp3) is 0.500. The minimum Gasteiger partial charge on any atom is -0.350 e. The SMILES string of the molecule is CC(C)NC(=O)c1cccc(NC(=O)[C@@H]2CNC[C@H]2C)c1. The molecule has 3 N–H and O–H groups in total. The van der Waals surface area contributed by atoms with Crippen LogP contribution in [0.1, 0.15) is 31.1 Å². The number of carbonyl (C=O) groups excluding carboxylic acids is 2. The van der Waals surface area contributed by atoms with Crippen molar-refractivity contribution in [3.63, 3.8) is 0 Å². The molecule has 1 heterocycles. The third-order valence-corrected chi connectivity index (χ3v) is 3.67. The van der Waals surface area contributed by atoms with Gasteiger partial charge in [0.25, 0.3) is 5.91 Å². The molecule has 21 heavy (non-hydrogen) atoms. The number of carbonyl (C=O) groups is 2. The summed E-state index contributed by atoms with van der Waals surface area (Å²) in [5.41, 5.74) is 1.22. The molecule has 1 aliphatic rings. The number of benzene rings is 1. The van der Waals surface area contributed by atoms with Gasteiger partial charge in [-0.15, -0.1) is 0 Å². The summed E-state index contributed by atoms with van der Waals surface area (Å²) in [6.07, 6.45) is 0. The van der Waals surface area contributed by atoms with E-state index >= 15 is 0 Å². The van der Waals surface area contributed by atoms with Gasteiger partial charge in [0.15, 0.2) is 0 Å². The van der Waals surface area contributed by atoms with E-state index in [0.29, 0.717) is 23.7 Å². The van der Waals surface area contributed by atoms with Crippen LogP contribution >= 0.6 is 0 Å². The van der Waals surface area contributed by atoms with Gasteiger partial charge >= 0.3 is 0 Å².